The van der Waals surface area contributed by atoms with E-state index in [1.165, 1.54) is 23.1 Å². The summed E-state index contributed by atoms with van der Waals surface area (Å²) in [4.78, 5) is 24.5. The van der Waals surface area contributed by atoms with Crippen LogP contribution in [0.25, 0.3) is 0 Å². The van der Waals surface area contributed by atoms with Gasteiger partial charge in [0.2, 0.25) is 0 Å². The van der Waals surface area contributed by atoms with Gasteiger partial charge in [-0.25, -0.2) is 4.79 Å². The van der Waals surface area contributed by atoms with Gasteiger partial charge in [0.15, 0.2) is 0 Å². The highest BCUT2D eigenvalue weighted by Gasteiger charge is 2.36. The number of carbonyl (C=O) groups excluding carboxylic acids is 1. The van der Waals surface area contributed by atoms with Crippen molar-refractivity contribution in [3.8, 4) is 0 Å². The number of halogens is 1. The number of ether oxygens (including phenoxy) is 1. The highest BCUT2D eigenvalue weighted by Crippen LogP contribution is 2.36. The summed E-state index contributed by atoms with van der Waals surface area (Å²) in [6.07, 6.45) is -0.662. The molecule has 0 aliphatic rings. The van der Waals surface area contributed by atoms with Gasteiger partial charge in [0, 0.05) is 16.6 Å². The van der Waals surface area contributed by atoms with Crippen molar-refractivity contribution < 1.29 is 14.5 Å². The average Bonchev–Trinajstić information content (AvgIpc) is 2.23. The number of anilines is 1. The Morgan fingerprint density at radius 1 is 1.23 bits per heavy atom. The third-order valence-corrected chi connectivity index (χ3v) is 2.86. The molecule has 7 heteroatoms. The summed E-state index contributed by atoms with van der Waals surface area (Å²) >= 11 is 5.95. The maximum absolute atomic E-state index is 12.5. The summed E-state index contributed by atoms with van der Waals surface area (Å²) in [7, 11) is 0. The van der Waals surface area contributed by atoms with Gasteiger partial charge in [0.25, 0.3) is 5.69 Å². The van der Waals surface area contributed by atoms with Crippen LogP contribution in [0.2, 0.25) is 5.02 Å². The van der Waals surface area contributed by atoms with Crippen LogP contribution in [-0.4, -0.2) is 22.2 Å². The van der Waals surface area contributed by atoms with Crippen molar-refractivity contribution in [1.82, 2.24) is 0 Å². The van der Waals surface area contributed by atoms with E-state index >= 15 is 0 Å². The van der Waals surface area contributed by atoms with Crippen LogP contribution in [-0.2, 0) is 4.74 Å². The van der Waals surface area contributed by atoms with Crippen LogP contribution in [0, 0.1) is 10.1 Å². The van der Waals surface area contributed by atoms with E-state index in [0.29, 0.717) is 5.02 Å². The second-order valence-electron chi connectivity index (χ2n) is 6.88. The van der Waals surface area contributed by atoms with Crippen molar-refractivity contribution in [3.63, 3.8) is 0 Å². The molecule has 0 bridgehead atoms. The van der Waals surface area contributed by atoms with Gasteiger partial charge >= 0.3 is 6.09 Å². The Labute approximate surface area is 135 Å². The number of nitro benzene ring substituents is 1. The number of carbonyl (C=O) groups is 1. The molecule has 1 aromatic carbocycles. The molecule has 0 saturated carbocycles. The van der Waals surface area contributed by atoms with Crippen molar-refractivity contribution in [3.05, 3.63) is 33.3 Å². The van der Waals surface area contributed by atoms with Crippen LogP contribution in [0.15, 0.2) is 18.2 Å². The third kappa shape index (κ3) is 4.59. The predicted octanol–water partition coefficient (Wildman–Crippen LogP) is 4.79. The number of benzene rings is 1. The summed E-state index contributed by atoms with van der Waals surface area (Å²) < 4.78 is 5.38. The third-order valence-electron chi connectivity index (χ3n) is 2.62. The van der Waals surface area contributed by atoms with Gasteiger partial charge in [0.1, 0.15) is 11.3 Å². The number of hydrogen-bond donors (Lipinski definition) is 0. The molecule has 1 aromatic rings. The first-order valence-corrected chi connectivity index (χ1v) is 7.18. The van der Waals surface area contributed by atoms with Gasteiger partial charge in [-0.1, -0.05) is 11.6 Å². The second kappa shape index (κ2) is 6.12. The molecule has 0 aliphatic heterocycles. The Bertz CT molecular complexity index is 588. The smallest absolute Gasteiger partial charge is 0.415 e. The summed E-state index contributed by atoms with van der Waals surface area (Å²) in [5.74, 6) is 0. The van der Waals surface area contributed by atoms with E-state index < -0.39 is 22.2 Å². The quantitative estimate of drug-likeness (QED) is 0.578. The minimum Gasteiger partial charge on any atom is -0.443 e. The molecule has 6 nitrogen and oxygen atoms in total. The molecule has 122 valence electrons. The van der Waals surface area contributed by atoms with Gasteiger partial charge < -0.3 is 4.74 Å². The molecule has 0 unspecified atom stereocenters. The monoisotopic (exact) mass is 328 g/mol. The van der Waals surface area contributed by atoms with Crippen LogP contribution in [0.4, 0.5) is 16.2 Å². The first-order valence-electron chi connectivity index (χ1n) is 6.80. The van der Waals surface area contributed by atoms with E-state index in [1.54, 1.807) is 41.5 Å². The zero-order valence-electron chi connectivity index (χ0n) is 13.6. The minimum atomic E-state index is -0.724. The van der Waals surface area contributed by atoms with Crippen molar-refractivity contribution in [2.45, 2.75) is 52.7 Å². The molecule has 0 aliphatic carbocycles. The van der Waals surface area contributed by atoms with Crippen LogP contribution < -0.4 is 4.90 Å². The molecule has 0 saturated heterocycles. The van der Waals surface area contributed by atoms with Crippen LogP contribution in [0.1, 0.15) is 41.5 Å². The van der Waals surface area contributed by atoms with Crippen molar-refractivity contribution in [1.29, 1.82) is 0 Å². The Kier molecular flexibility index (Phi) is 5.07. The van der Waals surface area contributed by atoms with Crippen molar-refractivity contribution in [2.75, 3.05) is 4.90 Å². The fourth-order valence-electron chi connectivity index (χ4n) is 1.87. The molecule has 0 heterocycles. The standard InChI is InChI=1S/C15H21ClN2O4/c1-14(2,3)17(13(19)22-15(4,5)6)12-9-10(16)7-8-11(12)18(20)21/h7-9H,1-6H3. The SMILES string of the molecule is CC(C)(C)OC(=O)N(c1cc(Cl)ccc1[N+](=O)[O-])C(C)(C)C. The summed E-state index contributed by atoms with van der Waals surface area (Å²) in [5.41, 5.74) is -1.53. The largest absolute Gasteiger partial charge is 0.443 e. The van der Waals surface area contributed by atoms with Crippen LogP contribution in [0.5, 0.6) is 0 Å². The Morgan fingerprint density at radius 2 is 1.77 bits per heavy atom. The molecule has 1 rings (SSSR count). The lowest BCUT2D eigenvalue weighted by atomic mass is 10.0. The first-order chi connectivity index (χ1) is 9.83. The minimum absolute atomic E-state index is 0.110. The van der Waals surface area contributed by atoms with E-state index in [0.717, 1.165) is 0 Å². The van der Waals surface area contributed by atoms with E-state index in [4.69, 9.17) is 16.3 Å². The number of hydrogen-bond acceptors (Lipinski definition) is 4. The van der Waals surface area contributed by atoms with Gasteiger partial charge in [-0.15, -0.1) is 0 Å². The van der Waals surface area contributed by atoms with Crippen molar-refractivity contribution >= 4 is 29.1 Å². The Hall–Kier alpha value is -1.82. The van der Waals surface area contributed by atoms with Crippen molar-refractivity contribution in [2.24, 2.45) is 0 Å². The molecule has 22 heavy (non-hydrogen) atoms. The molecular weight excluding hydrogens is 308 g/mol. The Morgan fingerprint density at radius 3 is 2.18 bits per heavy atom. The molecule has 0 N–H and O–H groups in total. The Balaban J connectivity index is 3.45. The number of nitro groups is 1. The van der Waals surface area contributed by atoms with Gasteiger partial charge in [-0.2, -0.15) is 0 Å². The van der Waals surface area contributed by atoms with E-state index in [1.807, 2.05) is 0 Å². The maximum Gasteiger partial charge on any atom is 0.415 e. The van der Waals surface area contributed by atoms with Gasteiger partial charge in [0.05, 0.1) is 4.92 Å². The highest BCUT2D eigenvalue weighted by molar-refractivity contribution is 6.31. The lowest BCUT2D eigenvalue weighted by molar-refractivity contribution is -0.384. The molecule has 0 radical (unpaired) electrons. The zero-order valence-corrected chi connectivity index (χ0v) is 14.4. The van der Waals surface area contributed by atoms with E-state index in [-0.39, 0.29) is 11.4 Å². The molecule has 0 spiro atoms. The zero-order chi connectivity index (χ0) is 17.3. The second-order valence-corrected chi connectivity index (χ2v) is 7.31. The van der Waals surface area contributed by atoms with Crippen LogP contribution in [0.3, 0.4) is 0 Å². The number of nitrogens with zero attached hydrogens (tertiary/aromatic N) is 2. The molecule has 0 atom stereocenters. The van der Waals surface area contributed by atoms with Gasteiger partial charge in [-0.3, -0.25) is 15.0 Å². The lowest BCUT2D eigenvalue weighted by Gasteiger charge is -2.36. The molecular formula is C15H21ClN2O4. The molecule has 0 fully saturated rings. The number of rotatable bonds is 2. The van der Waals surface area contributed by atoms with Gasteiger partial charge in [-0.05, 0) is 53.7 Å². The highest BCUT2D eigenvalue weighted by atomic mass is 35.5. The average molecular weight is 329 g/mol. The topological polar surface area (TPSA) is 72.7 Å². The lowest BCUT2D eigenvalue weighted by Crippen LogP contribution is -2.48. The summed E-state index contributed by atoms with van der Waals surface area (Å²) in [5, 5.41) is 11.6. The van der Waals surface area contributed by atoms with Crippen LogP contribution >= 0.6 is 11.6 Å². The number of amides is 1. The normalized spacial score (nSPS) is 12.0. The summed E-state index contributed by atoms with van der Waals surface area (Å²) in [6, 6.07) is 4.09. The maximum atomic E-state index is 12.5. The predicted molar refractivity (Wildman–Crippen MR) is 86.6 cm³/mol. The fraction of sp³-hybridized carbons (Fsp3) is 0.533. The molecule has 0 aromatic heterocycles. The first kappa shape index (κ1) is 18.2. The summed E-state index contributed by atoms with van der Waals surface area (Å²) in [6.45, 7) is 10.5. The van der Waals surface area contributed by atoms with E-state index in [9.17, 15) is 14.9 Å². The van der Waals surface area contributed by atoms with E-state index in [2.05, 4.69) is 0 Å². The fourth-order valence-corrected chi connectivity index (χ4v) is 2.04. The molecule has 1 amide bonds.